The standard InChI is InChI=1S/C25H32N6O2/c1-17-15-19(33-2)10-11-20(17)28-24(32)31-14-6-12-25(16-31)23(27-18-7-3-4-8-18)29-22-21(30-25)9-5-13-26-22/h5,9-11,13,15,18,30H,3-4,6-8,12,14,16H2,1-2H3,(H,28,32)(H,26,27,29). The minimum absolute atomic E-state index is 0.0960. The van der Waals surface area contributed by atoms with Gasteiger partial charge in [-0.2, -0.15) is 0 Å². The lowest BCUT2D eigenvalue weighted by Crippen LogP contribution is -2.63. The number of aliphatic imine (C=N–C) groups is 1. The number of hydrogen-bond donors (Lipinski definition) is 3. The lowest BCUT2D eigenvalue weighted by molar-refractivity contribution is 0.186. The number of pyridine rings is 1. The first-order valence-corrected chi connectivity index (χ1v) is 11.9. The van der Waals surface area contributed by atoms with Crippen molar-refractivity contribution in [1.29, 1.82) is 0 Å². The number of methoxy groups -OCH3 is 1. The molecule has 1 saturated heterocycles. The Bertz CT molecular complexity index is 1060. The van der Waals surface area contributed by atoms with Gasteiger partial charge in [0.05, 0.1) is 25.4 Å². The third kappa shape index (κ3) is 4.34. The summed E-state index contributed by atoms with van der Waals surface area (Å²) in [5.74, 6) is 2.49. The fourth-order valence-electron chi connectivity index (χ4n) is 5.15. The van der Waals surface area contributed by atoms with Crippen LogP contribution < -0.4 is 20.7 Å². The molecule has 3 aliphatic rings. The number of likely N-dealkylation sites (tertiary alicyclic amines) is 1. The van der Waals surface area contributed by atoms with Gasteiger partial charge in [-0.05, 0) is 68.5 Å². The number of aromatic nitrogens is 1. The predicted molar refractivity (Wildman–Crippen MR) is 131 cm³/mol. The van der Waals surface area contributed by atoms with E-state index >= 15 is 0 Å². The molecule has 8 nitrogen and oxygen atoms in total. The number of urea groups is 1. The number of anilines is 3. The third-order valence-electron chi connectivity index (χ3n) is 6.96. The quantitative estimate of drug-likeness (QED) is 0.636. The third-order valence-corrected chi connectivity index (χ3v) is 6.96. The first kappa shape index (κ1) is 21.6. The van der Waals surface area contributed by atoms with Crippen molar-refractivity contribution in [2.45, 2.75) is 57.0 Å². The van der Waals surface area contributed by atoms with E-state index in [9.17, 15) is 4.79 Å². The van der Waals surface area contributed by atoms with Gasteiger partial charge in [-0.25, -0.2) is 9.78 Å². The van der Waals surface area contributed by atoms with Crippen LogP contribution in [0, 0.1) is 6.92 Å². The van der Waals surface area contributed by atoms with E-state index < -0.39 is 5.54 Å². The lowest BCUT2D eigenvalue weighted by Gasteiger charge is -2.47. The highest BCUT2D eigenvalue weighted by atomic mass is 16.5. The number of hydrogen-bond acceptors (Lipinski definition) is 5. The van der Waals surface area contributed by atoms with E-state index in [-0.39, 0.29) is 6.03 Å². The highest BCUT2D eigenvalue weighted by Gasteiger charge is 2.45. The Hall–Kier alpha value is -3.29. The first-order chi connectivity index (χ1) is 16.1. The maximum absolute atomic E-state index is 13.3. The summed E-state index contributed by atoms with van der Waals surface area (Å²) in [6.45, 7) is 3.22. The van der Waals surface area contributed by atoms with Gasteiger partial charge in [0.2, 0.25) is 0 Å². The monoisotopic (exact) mass is 448 g/mol. The van der Waals surface area contributed by atoms with E-state index in [1.165, 1.54) is 12.8 Å². The van der Waals surface area contributed by atoms with E-state index in [2.05, 4.69) is 20.9 Å². The smallest absolute Gasteiger partial charge is 0.321 e. The second-order valence-corrected chi connectivity index (χ2v) is 9.28. The molecule has 5 rings (SSSR count). The Morgan fingerprint density at radius 1 is 1.27 bits per heavy atom. The highest BCUT2D eigenvalue weighted by Crippen LogP contribution is 2.36. The number of nitrogens with zero attached hydrogens (tertiary/aromatic N) is 3. The average Bonchev–Trinajstić information content (AvgIpc) is 3.34. The number of piperidine rings is 1. The lowest BCUT2D eigenvalue weighted by atomic mass is 9.85. The van der Waals surface area contributed by atoms with Crippen molar-refractivity contribution in [1.82, 2.24) is 9.88 Å². The van der Waals surface area contributed by atoms with Crippen molar-refractivity contribution < 1.29 is 9.53 Å². The molecule has 3 heterocycles. The Labute approximate surface area is 194 Å². The first-order valence-electron chi connectivity index (χ1n) is 11.9. The summed E-state index contributed by atoms with van der Waals surface area (Å²) in [5.41, 5.74) is 2.28. The molecule has 2 aliphatic heterocycles. The summed E-state index contributed by atoms with van der Waals surface area (Å²) < 4.78 is 5.28. The van der Waals surface area contributed by atoms with Crippen LogP contribution in [-0.2, 0) is 0 Å². The second-order valence-electron chi connectivity index (χ2n) is 9.28. The molecule has 1 atom stereocenters. The van der Waals surface area contributed by atoms with Crippen molar-refractivity contribution in [3.05, 3.63) is 42.1 Å². The van der Waals surface area contributed by atoms with Crippen molar-refractivity contribution in [3.63, 3.8) is 0 Å². The Balaban J connectivity index is 1.40. The molecular weight excluding hydrogens is 416 g/mol. The van der Waals surface area contributed by atoms with Crippen LogP contribution in [0.15, 0.2) is 41.5 Å². The van der Waals surface area contributed by atoms with Crippen LogP contribution in [-0.4, -0.2) is 53.5 Å². The molecule has 1 aliphatic carbocycles. The second kappa shape index (κ2) is 8.92. The van der Waals surface area contributed by atoms with Crippen molar-refractivity contribution in [3.8, 4) is 5.75 Å². The summed E-state index contributed by atoms with van der Waals surface area (Å²) in [4.78, 5) is 24.8. The maximum Gasteiger partial charge on any atom is 0.321 e. The van der Waals surface area contributed by atoms with Gasteiger partial charge in [-0.1, -0.05) is 12.8 Å². The minimum atomic E-state index is -0.441. The molecule has 0 bridgehead atoms. The van der Waals surface area contributed by atoms with E-state index in [0.717, 1.165) is 60.0 Å². The van der Waals surface area contributed by atoms with Crippen LogP contribution in [0.2, 0.25) is 0 Å². The van der Waals surface area contributed by atoms with E-state index in [0.29, 0.717) is 19.1 Å². The molecule has 1 aromatic carbocycles. The van der Waals surface area contributed by atoms with Crippen LogP contribution in [0.4, 0.5) is 22.0 Å². The van der Waals surface area contributed by atoms with Gasteiger partial charge < -0.3 is 25.6 Å². The average molecular weight is 449 g/mol. The summed E-state index contributed by atoms with van der Waals surface area (Å²) in [6.07, 6.45) is 8.29. The van der Waals surface area contributed by atoms with E-state index in [1.807, 2.05) is 42.2 Å². The summed E-state index contributed by atoms with van der Waals surface area (Å²) in [7, 11) is 1.64. The number of aryl methyl sites for hydroxylation is 1. The number of benzene rings is 1. The Kier molecular flexibility index (Phi) is 5.83. The van der Waals surface area contributed by atoms with E-state index in [4.69, 9.17) is 9.73 Å². The van der Waals surface area contributed by atoms with Gasteiger partial charge in [0, 0.05) is 18.4 Å². The van der Waals surface area contributed by atoms with Crippen LogP contribution in [0.3, 0.4) is 0 Å². The van der Waals surface area contributed by atoms with Crippen molar-refractivity contribution >= 4 is 29.1 Å². The SMILES string of the molecule is COc1ccc(NC(=O)N2CCCC3(C2)Nc2cccnc2NC3=NC2CCCC2)c(C)c1. The van der Waals surface area contributed by atoms with Crippen LogP contribution >= 0.6 is 0 Å². The van der Waals surface area contributed by atoms with Crippen molar-refractivity contribution in [2.75, 3.05) is 36.1 Å². The molecule has 1 saturated carbocycles. The molecule has 2 fully saturated rings. The molecule has 1 aromatic heterocycles. The maximum atomic E-state index is 13.3. The normalized spacial score (nSPS) is 23.7. The number of amidine groups is 1. The summed E-state index contributed by atoms with van der Waals surface area (Å²) in [6, 6.07) is 9.88. The summed E-state index contributed by atoms with van der Waals surface area (Å²) >= 11 is 0. The molecule has 2 amide bonds. The number of carbonyl (C=O) groups excluding carboxylic acids is 1. The van der Waals surface area contributed by atoms with Gasteiger partial charge >= 0.3 is 6.03 Å². The molecule has 33 heavy (non-hydrogen) atoms. The van der Waals surface area contributed by atoms with E-state index in [1.54, 1.807) is 13.3 Å². The predicted octanol–water partition coefficient (Wildman–Crippen LogP) is 4.64. The minimum Gasteiger partial charge on any atom is -0.497 e. The number of fused-ring (bicyclic) bond motifs is 1. The zero-order valence-electron chi connectivity index (χ0n) is 19.4. The molecule has 2 aromatic rings. The van der Waals surface area contributed by atoms with Gasteiger partial charge in [0.15, 0.2) is 5.82 Å². The largest absolute Gasteiger partial charge is 0.497 e. The Morgan fingerprint density at radius 2 is 2.12 bits per heavy atom. The number of rotatable bonds is 3. The fourth-order valence-corrected chi connectivity index (χ4v) is 5.15. The van der Waals surface area contributed by atoms with Gasteiger partial charge in [-0.15, -0.1) is 0 Å². The Morgan fingerprint density at radius 3 is 2.91 bits per heavy atom. The van der Waals surface area contributed by atoms with Crippen LogP contribution in [0.25, 0.3) is 0 Å². The zero-order valence-corrected chi connectivity index (χ0v) is 19.4. The molecular formula is C25H32N6O2. The molecule has 3 N–H and O–H groups in total. The number of nitrogens with one attached hydrogen (secondary N) is 3. The number of carbonyl (C=O) groups is 1. The number of ether oxygens (including phenoxy) is 1. The van der Waals surface area contributed by atoms with Crippen molar-refractivity contribution in [2.24, 2.45) is 4.99 Å². The zero-order chi connectivity index (χ0) is 22.8. The number of amides is 2. The molecule has 1 unspecified atom stereocenters. The fraction of sp³-hybridized carbons (Fsp3) is 0.480. The molecule has 174 valence electrons. The summed E-state index contributed by atoms with van der Waals surface area (Å²) in [5, 5.41) is 10.3. The van der Waals surface area contributed by atoms with Gasteiger partial charge in [0.25, 0.3) is 0 Å². The topological polar surface area (TPSA) is 90.9 Å². The molecule has 1 spiro atoms. The van der Waals surface area contributed by atoms with Gasteiger partial charge in [-0.3, -0.25) is 4.99 Å². The van der Waals surface area contributed by atoms with Crippen LogP contribution in [0.5, 0.6) is 5.75 Å². The van der Waals surface area contributed by atoms with Crippen LogP contribution in [0.1, 0.15) is 44.1 Å². The highest BCUT2D eigenvalue weighted by molar-refractivity contribution is 6.09. The molecule has 8 heteroatoms. The van der Waals surface area contributed by atoms with Gasteiger partial charge in [0.1, 0.15) is 17.1 Å². The molecule has 0 radical (unpaired) electrons.